The lowest BCUT2D eigenvalue weighted by Crippen LogP contribution is -2.27. The molecular weight excluding hydrogens is 296 g/mol. The van der Waals surface area contributed by atoms with Crippen molar-refractivity contribution in [1.29, 1.82) is 0 Å². The van der Waals surface area contributed by atoms with Crippen molar-refractivity contribution in [3.63, 3.8) is 0 Å². The van der Waals surface area contributed by atoms with Crippen LogP contribution in [0.5, 0.6) is 11.5 Å². The van der Waals surface area contributed by atoms with Gasteiger partial charge in [-0.25, -0.2) is 4.79 Å². The van der Waals surface area contributed by atoms with Crippen molar-refractivity contribution >= 4 is 5.97 Å². The largest absolute Gasteiger partial charge is 0.508 e. The lowest BCUT2D eigenvalue weighted by Gasteiger charge is -2.14. The Kier molecular flexibility index (Phi) is 6.44. The number of rotatable bonds is 8. The van der Waals surface area contributed by atoms with E-state index in [-0.39, 0.29) is 12.4 Å². The van der Waals surface area contributed by atoms with Crippen LogP contribution >= 0.6 is 0 Å². The van der Waals surface area contributed by atoms with Crippen LogP contribution in [0.25, 0.3) is 0 Å². The van der Waals surface area contributed by atoms with Crippen molar-refractivity contribution in [3.8, 4) is 11.5 Å². The number of aromatic hydroxyl groups is 1. The molecule has 2 aromatic carbocycles. The Balaban J connectivity index is 1.63. The normalized spacial score (nSPS) is 11.7. The third-order valence-electron chi connectivity index (χ3n) is 3.07. The van der Waals surface area contributed by atoms with E-state index in [2.05, 4.69) is 0 Å². The van der Waals surface area contributed by atoms with E-state index in [1.165, 1.54) is 12.1 Å². The van der Waals surface area contributed by atoms with Crippen molar-refractivity contribution < 1.29 is 24.1 Å². The summed E-state index contributed by atoms with van der Waals surface area (Å²) < 4.78 is 16.0. The highest BCUT2D eigenvalue weighted by Crippen LogP contribution is 2.17. The van der Waals surface area contributed by atoms with Gasteiger partial charge in [-0.1, -0.05) is 30.3 Å². The summed E-state index contributed by atoms with van der Waals surface area (Å²) in [6, 6.07) is 15.9. The van der Waals surface area contributed by atoms with Gasteiger partial charge in [-0.15, -0.1) is 0 Å². The molecule has 0 aliphatic carbocycles. The summed E-state index contributed by atoms with van der Waals surface area (Å²) in [6.07, 6.45) is -0.728. The zero-order valence-electron chi connectivity index (χ0n) is 13.0. The average molecular weight is 316 g/mol. The van der Waals surface area contributed by atoms with Crippen LogP contribution in [0.3, 0.4) is 0 Å². The van der Waals surface area contributed by atoms with Crippen LogP contribution in [0.4, 0.5) is 0 Å². The van der Waals surface area contributed by atoms with Crippen LogP contribution in [0, 0.1) is 0 Å². The monoisotopic (exact) mass is 316 g/mol. The molecule has 0 bridgehead atoms. The van der Waals surface area contributed by atoms with Crippen LogP contribution in [0.15, 0.2) is 54.6 Å². The molecule has 0 aliphatic rings. The van der Waals surface area contributed by atoms with Gasteiger partial charge in [0.25, 0.3) is 0 Å². The Morgan fingerprint density at radius 1 is 1.04 bits per heavy atom. The van der Waals surface area contributed by atoms with Crippen LogP contribution in [-0.4, -0.2) is 30.4 Å². The van der Waals surface area contributed by atoms with Crippen LogP contribution in [0.2, 0.25) is 0 Å². The minimum atomic E-state index is -0.728. The number of phenols is 1. The molecule has 122 valence electrons. The molecule has 0 aromatic heterocycles. The quantitative estimate of drug-likeness (QED) is 0.599. The fraction of sp³-hybridized carbons (Fsp3) is 0.278. The lowest BCUT2D eigenvalue weighted by atomic mass is 10.2. The molecule has 0 fully saturated rings. The van der Waals surface area contributed by atoms with Crippen LogP contribution in [-0.2, 0) is 20.9 Å². The van der Waals surface area contributed by atoms with Crippen molar-refractivity contribution in [3.05, 3.63) is 60.2 Å². The maximum Gasteiger partial charge on any atom is 0.347 e. The maximum absolute atomic E-state index is 11.8. The van der Waals surface area contributed by atoms with Gasteiger partial charge in [-0.3, -0.25) is 0 Å². The Morgan fingerprint density at radius 3 is 2.43 bits per heavy atom. The Bertz CT molecular complexity index is 595. The van der Waals surface area contributed by atoms with Crippen LogP contribution in [0.1, 0.15) is 12.5 Å². The molecule has 23 heavy (non-hydrogen) atoms. The first-order valence-corrected chi connectivity index (χ1v) is 7.39. The number of hydrogen-bond acceptors (Lipinski definition) is 5. The standard InChI is InChI=1S/C18H20O5/c1-14(23-17-9-7-16(19)8-10-17)18(20)22-12-11-21-13-15-5-3-2-4-6-15/h2-10,14,19H,11-13H2,1H3. The molecule has 5 heteroatoms. The summed E-state index contributed by atoms with van der Waals surface area (Å²) in [5, 5.41) is 9.19. The first-order chi connectivity index (χ1) is 11.1. The number of ether oxygens (including phenoxy) is 3. The highest BCUT2D eigenvalue weighted by molar-refractivity contribution is 5.74. The molecule has 0 saturated carbocycles. The molecule has 5 nitrogen and oxygen atoms in total. The second-order valence-corrected chi connectivity index (χ2v) is 4.96. The minimum absolute atomic E-state index is 0.142. The molecule has 2 rings (SSSR count). The summed E-state index contributed by atoms with van der Waals surface area (Å²) in [5.41, 5.74) is 1.07. The van der Waals surface area contributed by atoms with E-state index in [0.29, 0.717) is 19.0 Å². The molecule has 0 saturated heterocycles. The lowest BCUT2D eigenvalue weighted by molar-refractivity contribution is -0.152. The van der Waals surface area contributed by atoms with E-state index < -0.39 is 12.1 Å². The van der Waals surface area contributed by atoms with Crippen molar-refractivity contribution in [2.45, 2.75) is 19.6 Å². The van der Waals surface area contributed by atoms with Gasteiger partial charge in [0.15, 0.2) is 6.10 Å². The van der Waals surface area contributed by atoms with E-state index >= 15 is 0 Å². The molecule has 2 aromatic rings. The third kappa shape index (κ3) is 6.00. The van der Waals surface area contributed by atoms with Crippen molar-refractivity contribution in [1.82, 2.24) is 0 Å². The number of esters is 1. The predicted octanol–water partition coefficient (Wildman–Crippen LogP) is 2.92. The molecular formula is C18H20O5. The van der Waals surface area contributed by atoms with E-state index in [4.69, 9.17) is 14.2 Å². The zero-order chi connectivity index (χ0) is 16.5. The number of carbonyl (C=O) groups excluding carboxylic acids is 1. The van der Waals surface area contributed by atoms with Gasteiger partial charge in [0.1, 0.15) is 18.1 Å². The fourth-order valence-electron chi connectivity index (χ4n) is 1.86. The highest BCUT2D eigenvalue weighted by Gasteiger charge is 2.16. The highest BCUT2D eigenvalue weighted by atomic mass is 16.6. The molecule has 1 unspecified atom stereocenters. The van der Waals surface area contributed by atoms with E-state index in [1.807, 2.05) is 30.3 Å². The zero-order valence-corrected chi connectivity index (χ0v) is 13.0. The molecule has 0 radical (unpaired) electrons. The average Bonchev–Trinajstić information content (AvgIpc) is 2.57. The molecule has 1 atom stereocenters. The SMILES string of the molecule is CC(Oc1ccc(O)cc1)C(=O)OCCOCc1ccccc1. The number of hydrogen-bond donors (Lipinski definition) is 1. The second kappa shape index (κ2) is 8.80. The Morgan fingerprint density at radius 2 is 1.74 bits per heavy atom. The van der Waals surface area contributed by atoms with Gasteiger partial charge in [0.2, 0.25) is 0 Å². The van der Waals surface area contributed by atoms with Gasteiger partial charge in [0, 0.05) is 0 Å². The minimum Gasteiger partial charge on any atom is -0.508 e. The summed E-state index contributed by atoms with van der Waals surface area (Å²) >= 11 is 0. The van der Waals surface area contributed by atoms with Gasteiger partial charge in [-0.2, -0.15) is 0 Å². The summed E-state index contributed by atoms with van der Waals surface area (Å²) in [6.45, 7) is 2.60. The Hall–Kier alpha value is -2.53. The molecule has 0 spiro atoms. The van der Waals surface area contributed by atoms with Gasteiger partial charge < -0.3 is 19.3 Å². The molecule has 1 N–H and O–H groups in total. The van der Waals surface area contributed by atoms with Crippen LogP contribution < -0.4 is 4.74 Å². The number of phenolic OH excluding ortho intramolecular Hbond substituents is 1. The topological polar surface area (TPSA) is 65.0 Å². The fourth-order valence-corrected chi connectivity index (χ4v) is 1.86. The first-order valence-electron chi connectivity index (χ1n) is 7.39. The third-order valence-corrected chi connectivity index (χ3v) is 3.07. The van der Waals surface area contributed by atoms with Gasteiger partial charge >= 0.3 is 5.97 Å². The second-order valence-electron chi connectivity index (χ2n) is 4.96. The summed E-state index contributed by atoms with van der Waals surface area (Å²) in [7, 11) is 0. The molecule has 0 amide bonds. The smallest absolute Gasteiger partial charge is 0.347 e. The maximum atomic E-state index is 11.8. The number of benzene rings is 2. The van der Waals surface area contributed by atoms with E-state index in [0.717, 1.165) is 5.56 Å². The summed E-state index contributed by atoms with van der Waals surface area (Å²) in [4.78, 5) is 11.8. The van der Waals surface area contributed by atoms with Gasteiger partial charge in [0.05, 0.1) is 13.2 Å². The predicted molar refractivity (Wildman–Crippen MR) is 85.3 cm³/mol. The molecule has 0 heterocycles. The Labute approximate surface area is 135 Å². The van der Waals surface area contributed by atoms with Gasteiger partial charge in [-0.05, 0) is 36.8 Å². The van der Waals surface area contributed by atoms with E-state index in [1.54, 1.807) is 19.1 Å². The summed E-state index contributed by atoms with van der Waals surface area (Å²) in [5.74, 6) is 0.178. The van der Waals surface area contributed by atoms with Crippen molar-refractivity contribution in [2.24, 2.45) is 0 Å². The number of carbonyl (C=O) groups is 1. The van der Waals surface area contributed by atoms with Crippen molar-refractivity contribution in [2.75, 3.05) is 13.2 Å². The molecule has 0 aliphatic heterocycles. The first kappa shape index (κ1) is 16.8. The van der Waals surface area contributed by atoms with E-state index in [9.17, 15) is 9.90 Å².